The Morgan fingerprint density at radius 3 is 2.25 bits per heavy atom. The molecule has 0 atom stereocenters. The van der Waals surface area contributed by atoms with Crippen LogP contribution in [0.1, 0.15) is 23.7 Å². The molecule has 0 saturated carbocycles. The van der Waals surface area contributed by atoms with E-state index in [1.165, 1.54) is 19.2 Å². The molecular weight excluding hydrogens is 310 g/mol. The van der Waals surface area contributed by atoms with E-state index >= 15 is 0 Å². The Bertz CT molecular complexity index is 725. The average molecular weight is 329 g/mol. The van der Waals surface area contributed by atoms with Crippen LogP contribution in [-0.2, 0) is 4.79 Å². The van der Waals surface area contributed by atoms with Crippen LogP contribution in [0.2, 0.25) is 0 Å². The number of hydrogen-bond acceptors (Lipinski definition) is 5. The molecule has 1 N–H and O–H groups in total. The van der Waals surface area contributed by atoms with Gasteiger partial charge in [0.2, 0.25) is 0 Å². The number of anilines is 1. The number of amides is 1. The number of carbonyl (C=O) groups is 2. The number of esters is 1. The summed E-state index contributed by atoms with van der Waals surface area (Å²) >= 11 is 0. The number of benzene rings is 2. The summed E-state index contributed by atoms with van der Waals surface area (Å²) in [5.41, 5.74) is 1.03. The van der Waals surface area contributed by atoms with Crippen molar-refractivity contribution in [3.8, 4) is 17.2 Å². The molecule has 0 spiro atoms. The fraction of sp³-hybridized carbons (Fsp3) is 0.222. The summed E-state index contributed by atoms with van der Waals surface area (Å²) in [5, 5.41) is 2.77. The highest BCUT2D eigenvalue weighted by Crippen LogP contribution is 2.29. The van der Waals surface area contributed by atoms with Gasteiger partial charge in [-0.25, -0.2) is 0 Å². The molecule has 24 heavy (non-hydrogen) atoms. The second kappa shape index (κ2) is 8.01. The predicted molar refractivity (Wildman–Crippen MR) is 89.9 cm³/mol. The third-order valence-electron chi connectivity index (χ3n) is 3.29. The molecule has 0 bridgehead atoms. The minimum Gasteiger partial charge on any atom is -0.497 e. The maximum Gasteiger partial charge on any atom is 0.311 e. The van der Waals surface area contributed by atoms with Gasteiger partial charge in [0.15, 0.2) is 11.5 Å². The van der Waals surface area contributed by atoms with Gasteiger partial charge in [-0.05, 0) is 42.5 Å². The third-order valence-corrected chi connectivity index (χ3v) is 3.29. The van der Waals surface area contributed by atoms with Crippen LogP contribution in [-0.4, -0.2) is 26.1 Å². The molecule has 0 unspecified atom stereocenters. The maximum absolute atomic E-state index is 12.3. The molecule has 6 nitrogen and oxygen atoms in total. The first kappa shape index (κ1) is 17.3. The summed E-state index contributed by atoms with van der Waals surface area (Å²) in [6.07, 6.45) is 0.253. The molecule has 2 aromatic carbocycles. The molecule has 0 saturated heterocycles. The minimum atomic E-state index is -0.372. The number of nitrogens with one attached hydrogen (secondary N) is 1. The average Bonchev–Trinajstić information content (AvgIpc) is 2.62. The molecule has 2 aromatic rings. The van der Waals surface area contributed by atoms with Gasteiger partial charge in [-0.3, -0.25) is 9.59 Å². The van der Waals surface area contributed by atoms with Gasteiger partial charge >= 0.3 is 5.97 Å². The SMILES string of the molecule is CCC(=O)Oc1ccc(C(=O)Nc2ccc(OC)cc2)cc1OC. The van der Waals surface area contributed by atoms with Crippen molar-refractivity contribution in [3.63, 3.8) is 0 Å². The summed E-state index contributed by atoms with van der Waals surface area (Å²) in [7, 11) is 3.02. The van der Waals surface area contributed by atoms with Crippen LogP contribution in [0.3, 0.4) is 0 Å². The van der Waals surface area contributed by atoms with Gasteiger partial charge in [-0.1, -0.05) is 6.92 Å². The van der Waals surface area contributed by atoms with Gasteiger partial charge in [0.25, 0.3) is 5.91 Å². The van der Waals surface area contributed by atoms with Crippen molar-refractivity contribution in [2.24, 2.45) is 0 Å². The highest BCUT2D eigenvalue weighted by Gasteiger charge is 2.13. The Hall–Kier alpha value is -3.02. The summed E-state index contributed by atoms with van der Waals surface area (Å²) in [4.78, 5) is 23.7. The van der Waals surface area contributed by atoms with Gasteiger partial charge in [0, 0.05) is 17.7 Å². The van der Waals surface area contributed by atoms with E-state index in [1.54, 1.807) is 44.4 Å². The van der Waals surface area contributed by atoms with Crippen molar-refractivity contribution < 1.29 is 23.8 Å². The highest BCUT2D eigenvalue weighted by molar-refractivity contribution is 6.04. The van der Waals surface area contributed by atoms with Crippen molar-refractivity contribution in [1.82, 2.24) is 0 Å². The minimum absolute atomic E-state index is 0.253. The summed E-state index contributed by atoms with van der Waals surface area (Å²) in [6, 6.07) is 11.6. The van der Waals surface area contributed by atoms with Crippen LogP contribution in [0.15, 0.2) is 42.5 Å². The fourth-order valence-corrected chi connectivity index (χ4v) is 1.97. The Labute approximate surface area is 140 Å². The van der Waals surface area contributed by atoms with Gasteiger partial charge in [0.1, 0.15) is 5.75 Å². The van der Waals surface area contributed by atoms with Crippen molar-refractivity contribution in [2.75, 3.05) is 19.5 Å². The topological polar surface area (TPSA) is 73.9 Å². The summed E-state index contributed by atoms with van der Waals surface area (Å²) in [5.74, 6) is 0.636. The molecule has 0 aliphatic heterocycles. The van der Waals surface area contributed by atoms with Crippen LogP contribution in [0, 0.1) is 0 Å². The molecule has 6 heteroatoms. The number of methoxy groups -OCH3 is 2. The standard InChI is InChI=1S/C18H19NO5/c1-4-17(20)24-15-10-5-12(11-16(15)23-3)18(21)19-13-6-8-14(22-2)9-7-13/h5-11H,4H2,1-3H3,(H,19,21). The number of ether oxygens (including phenoxy) is 3. The monoisotopic (exact) mass is 329 g/mol. The van der Waals surface area contributed by atoms with Crippen LogP contribution >= 0.6 is 0 Å². The Kier molecular flexibility index (Phi) is 5.78. The van der Waals surface area contributed by atoms with Crippen molar-refractivity contribution in [3.05, 3.63) is 48.0 Å². The van der Waals surface area contributed by atoms with E-state index < -0.39 is 0 Å². The van der Waals surface area contributed by atoms with E-state index in [9.17, 15) is 9.59 Å². The molecule has 0 aliphatic rings. The first-order chi connectivity index (χ1) is 11.6. The maximum atomic E-state index is 12.3. The number of carbonyl (C=O) groups excluding carboxylic acids is 2. The first-order valence-electron chi connectivity index (χ1n) is 7.41. The fourth-order valence-electron chi connectivity index (χ4n) is 1.97. The Morgan fingerprint density at radius 2 is 1.67 bits per heavy atom. The van der Waals surface area contributed by atoms with Crippen molar-refractivity contribution >= 4 is 17.6 Å². The largest absolute Gasteiger partial charge is 0.497 e. The zero-order chi connectivity index (χ0) is 17.5. The Morgan fingerprint density at radius 1 is 0.958 bits per heavy atom. The molecule has 0 heterocycles. The lowest BCUT2D eigenvalue weighted by Gasteiger charge is -2.11. The molecule has 126 valence electrons. The van der Waals surface area contributed by atoms with Gasteiger partial charge in [-0.2, -0.15) is 0 Å². The lowest BCUT2D eigenvalue weighted by molar-refractivity contribution is -0.134. The summed E-state index contributed by atoms with van der Waals surface area (Å²) in [6.45, 7) is 1.70. The van der Waals surface area contributed by atoms with Gasteiger partial charge in [0.05, 0.1) is 14.2 Å². The number of hydrogen-bond donors (Lipinski definition) is 1. The van der Waals surface area contributed by atoms with Crippen LogP contribution in [0.25, 0.3) is 0 Å². The van der Waals surface area contributed by atoms with Crippen LogP contribution < -0.4 is 19.5 Å². The van der Waals surface area contributed by atoms with Crippen LogP contribution in [0.4, 0.5) is 5.69 Å². The molecule has 0 aliphatic carbocycles. The molecule has 2 rings (SSSR count). The second-order valence-corrected chi connectivity index (χ2v) is 4.88. The second-order valence-electron chi connectivity index (χ2n) is 4.88. The van der Waals surface area contributed by atoms with E-state index in [2.05, 4.69) is 5.32 Å². The quantitative estimate of drug-likeness (QED) is 0.650. The number of rotatable bonds is 6. The van der Waals surface area contributed by atoms with Crippen molar-refractivity contribution in [2.45, 2.75) is 13.3 Å². The predicted octanol–water partition coefficient (Wildman–Crippen LogP) is 3.27. The van der Waals surface area contributed by atoms with Gasteiger partial charge in [-0.15, -0.1) is 0 Å². The third kappa shape index (κ3) is 4.25. The Balaban J connectivity index is 2.15. The van der Waals surface area contributed by atoms with Gasteiger partial charge < -0.3 is 19.5 Å². The molecular formula is C18H19NO5. The highest BCUT2D eigenvalue weighted by atomic mass is 16.6. The molecule has 1 amide bonds. The lowest BCUT2D eigenvalue weighted by Crippen LogP contribution is -2.12. The lowest BCUT2D eigenvalue weighted by atomic mass is 10.1. The van der Waals surface area contributed by atoms with E-state index in [0.29, 0.717) is 22.7 Å². The molecule has 0 aromatic heterocycles. The zero-order valence-corrected chi connectivity index (χ0v) is 13.8. The van der Waals surface area contributed by atoms with E-state index in [0.717, 1.165) is 0 Å². The first-order valence-corrected chi connectivity index (χ1v) is 7.41. The summed E-state index contributed by atoms with van der Waals surface area (Å²) < 4.78 is 15.4. The van der Waals surface area contributed by atoms with E-state index in [1.807, 2.05) is 0 Å². The zero-order valence-electron chi connectivity index (χ0n) is 13.8. The molecule has 0 radical (unpaired) electrons. The van der Waals surface area contributed by atoms with E-state index in [-0.39, 0.29) is 24.0 Å². The normalized spacial score (nSPS) is 9.96. The smallest absolute Gasteiger partial charge is 0.311 e. The van der Waals surface area contributed by atoms with E-state index in [4.69, 9.17) is 14.2 Å². The molecule has 0 fully saturated rings. The van der Waals surface area contributed by atoms with Crippen molar-refractivity contribution in [1.29, 1.82) is 0 Å². The van der Waals surface area contributed by atoms with Crippen LogP contribution in [0.5, 0.6) is 17.2 Å².